The second-order valence-electron chi connectivity index (χ2n) is 8.18. The van der Waals surface area contributed by atoms with E-state index in [0.29, 0.717) is 22.3 Å². The first-order valence-corrected chi connectivity index (χ1v) is 12.7. The van der Waals surface area contributed by atoms with Crippen LogP contribution >= 0.6 is 27.7 Å². The van der Waals surface area contributed by atoms with Crippen molar-refractivity contribution in [2.45, 2.75) is 37.5 Å². The minimum Gasteiger partial charge on any atom is -0.345 e. The van der Waals surface area contributed by atoms with Crippen LogP contribution in [0.25, 0.3) is 5.69 Å². The maximum absolute atomic E-state index is 12.9. The molecule has 4 aromatic rings. The molecule has 1 heterocycles. The van der Waals surface area contributed by atoms with E-state index in [1.807, 2.05) is 54.8 Å². The Hall–Kier alpha value is -3.11. The largest absolute Gasteiger partial charge is 0.416 e. The highest BCUT2D eigenvalue weighted by molar-refractivity contribution is 9.10. The number of nitrogens with one attached hydrogen (secondary N) is 1. The Morgan fingerprint density at radius 2 is 1.67 bits per heavy atom. The van der Waals surface area contributed by atoms with Crippen molar-refractivity contribution in [3.05, 3.63) is 105 Å². The molecule has 1 amide bonds. The molecule has 5 nitrogen and oxygen atoms in total. The van der Waals surface area contributed by atoms with Crippen molar-refractivity contribution in [3.63, 3.8) is 0 Å². The van der Waals surface area contributed by atoms with E-state index in [0.717, 1.165) is 39.0 Å². The van der Waals surface area contributed by atoms with Gasteiger partial charge in [-0.15, -0.1) is 10.2 Å². The first-order valence-electron chi connectivity index (χ1n) is 11.0. The lowest BCUT2D eigenvalue weighted by molar-refractivity contribution is -0.137. The SMILES string of the molecule is Cc1ccc(C(=O)NCc2nnc(SCc3ccc(C(F)(F)F)cc3)n2-c2ccc(Br)cc2)cc1C. The molecule has 10 heteroatoms. The lowest BCUT2D eigenvalue weighted by Crippen LogP contribution is -2.24. The van der Waals surface area contributed by atoms with E-state index in [2.05, 4.69) is 31.4 Å². The van der Waals surface area contributed by atoms with Crippen molar-refractivity contribution in [2.24, 2.45) is 0 Å². The molecule has 0 saturated carbocycles. The number of aromatic nitrogens is 3. The van der Waals surface area contributed by atoms with E-state index in [4.69, 9.17) is 0 Å². The number of rotatable bonds is 7. The molecule has 4 rings (SSSR count). The Labute approximate surface area is 219 Å². The van der Waals surface area contributed by atoms with Gasteiger partial charge in [-0.25, -0.2) is 0 Å². The predicted octanol–water partition coefficient (Wildman–Crippen LogP) is 6.89. The number of carbonyl (C=O) groups is 1. The molecule has 0 spiro atoms. The van der Waals surface area contributed by atoms with Gasteiger partial charge in [0.15, 0.2) is 11.0 Å². The summed E-state index contributed by atoms with van der Waals surface area (Å²) >= 11 is 4.78. The molecular weight excluding hydrogens is 553 g/mol. The number of hydrogen-bond acceptors (Lipinski definition) is 4. The number of alkyl halides is 3. The molecule has 0 aliphatic rings. The molecule has 0 fully saturated rings. The van der Waals surface area contributed by atoms with Crippen LogP contribution in [0.3, 0.4) is 0 Å². The van der Waals surface area contributed by atoms with Gasteiger partial charge in [0.25, 0.3) is 5.91 Å². The van der Waals surface area contributed by atoms with Crippen LogP contribution in [0.4, 0.5) is 13.2 Å². The Balaban J connectivity index is 1.54. The van der Waals surface area contributed by atoms with Crippen molar-refractivity contribution in [2.75, 3.05) is 0 Å². The van der Waals surface area contributed by atoms with Gasteiger partial charge in [-0.3, -0.25) is 9.36 Å². The number of hydrogen-bond donors (Lipinski definition) is 1. The molecule has 1 aromatic heterocycles. The molecule has 0 aliphatic carbocycles. The summed E-state index contributed by atoms with van der Waals surface area (Å²) in [6.45, 7) is 4.09. The summed E-state index contributed by atoms with van der Waals surface area (Å²) in [5, 5.41) is 12.1. The average molecular weight is 575 g/mol. The van der Waals surface area contributed by atoms with Gasteiger partial charge in [0.05, 0.1) is 12.1 Å². The highest BCUT2D eigenvalue weighted by Crippen LogP contribution is 2.31. The smallest absolute Gasteiger partial charge is 0.345 e. The molecule has 36 heavy (non-hydrogen) atoms. The van der Waals surface area contributed by atoms with Crippen LogP contribution in [0.2, 0.25) is 0 Å². The lowest BCUT2D eigenvalue weighted by Gasteiger charge is -2.12. The highest BCUT2D eigenvalue weighted by Gasteiger charge is 2.30. The number of carbonyl (C=O) groups excluding carboxylic acids is 1. The third kappa shape index (κ3) is 6.17. The summed E-state index contributed by atoms with van der Waals surface area (Å²) in [4.78, 5) is 12.7. The number of nitrogens with zero attached hydrogens (tertiary/aromatic N) is 3. The molecule has 0 radical (unpaired) electrons. The number of benzene rings is 3. The van der Waals surface area contributed by atoms with E-state index in [9.17, 15) is 18.0 Å². The fourth-order valence-corrected chi connectivity index (χ4v) is 4.63. The third-order valence-corrected chi connectivity index (χ3v) is 7.14. The van der Waals surface area contributed by atoms with Gasteiger partial charge in [-0.05, 0) is 79.1 Å². The molecule has 0 saturated heterocycles. The van der Waals surface area contributed by atoms with Gasteiger partial charge in [0, 0.05) is 21.5 Å². The molecule has 0 aliphatic heterocycles. The quantitative estimate of drug-likeness (QED) is 0.244. The first kappa shape index (κ1) is 26.0. The van der Waals surface area contributed by atoms with Gasteiger partial charge >= 0.3 is 6.18 Å². The second kappa shape index (κ2) is 10.9. The van der Waals surface area contributed by atoms with Gasteiger partial charge in [0.2, 0.25) is 0 Å². The van der Waals surface area contributed by atoms with E-state index in [1.165, 1.54) is 23.9 Å². The molecule has 3 aromatic carbocycles. The number of halogens is 4. The fourth-order valence-electron chi connectivity index (χ4n) is 3.44. The third-order valence-electron chi connectivity index (χ3n) is 5.61. The Morgan fingerprint density at radius 3 is 2.31 bits per heavy atom. The number of thioether (sulfide) groups is 1. The zero-order valence-electron chi connectivity index (χ0n) is 19.4. The minimum absolute atomic E-state index is 0.148. The summed E-state index contributed by atoms with van der Waals surface area (Å²) in [7, 11) is 0. The van der Waals surface area contributed by atoms with Gasteiger partial charge in [-0.1, -0.05) is 45.9 Å². The normalized spacial score (nSPS) is 11.5. The Morgan fingerprint density at radius 1 is 0.972 bits per heavy atom. The molecule has 0 unspecified atom stereocenters. The van der Waals surface area contributed by atoms with Crippen LogP contribution in [0.15, 0.2) is 76.4 Å². The van der Waals surface area contributed by atoms with Crippen molar-refractivity contribution in [1.29, 1.82) is 0 Å². The number of amides is 1. The number of aryl methyl sites for hydroxylation is 2. The highest BCUT2D eigenvalue weighted by atomic mass is 79.9. The maximum atomic E-state index is 12.9. The molecule has 0 bridgehead atoms. The Kier molecular flexibility index (Phi) is 7.85. The summed E-state index contributed by atoms with van der Waals surface area (Å²) in [5.41, 5.74) is 3.54. The summed E-state index contributed by atoms with van der Waals surface area (Å²) < 4.78 is 41.3. The molecular formula is C26H22BrF3N4OS. The summed E-state index contributed by atoms with van der Waals surface area (Å²) in [5.74, 6) is 0.716. The van der Waals surface area contributed by atoms with Crippen LogP contribution in [0.1, 0.15) is 38.4 Å². The molecule has 186 valence electrons. The monoisotopic (exact) mass is 574 g/mol. The summed E-state index contributed by atoms with van der Waals surface area (Å²) in [6, 6.07) is 18.2. The first-order chi connectivity index (χ1) is 17.1. The van der Waals surface area contributed by atoms with E-state index in [1.54, 1.807) is 6.07 Å². The predicted molar refractivity (Wildman–Crippen MR) is 137 cm³/mol. The average Bonchev–Trinajstić information content (AvgIpc) is 3.26. The maximum Gasteiger partial charge on any atom is 0.416 e. The van der Waals surface area contributed by atoms with Crippen LogP contribution in [-0.4, -0.2) is 20.7 Å². The lowest BCUT2D eigenvalue weighted by atomic mass is 10.1. The summed E-state index contributed by atoms with van der Waals surface area (Å²) in [6.07, 6.45) is -4.37. The van der Waals surface area contributed by atoms with Gasteiger partial charge in [0.1, 0.15) is 0 Å². The topological polar surface area (TPSA) is 59.8 Å². The van der Waals surface area contributed by atoms with Crippen molar-refractivity contribution >= 4 is 33.6 Å². The van der Waals surface area contributed by atoms with Crippen LogP contribution in [0, 0.1) is 13.8 Å². The van der Waals surface area contributed by atoms with Crippen LogP contribution < -0.4 is 5.32 Å². The van der Waals surface area contributed by atoms with Crippen molar-refractivity contribution in [1.82, 2.24) is 20.1 Å². The zero-order valence-corrected chi connectivity index (χ0v) is 21.8. The second-order valence-corrected chi connectivity index (χ2v) is 10.0. The van der Waals surface area contributed by atoms with Crippen LogP contribution in [0.5, 0.6) is 0 Å². The molecule has 0 atom stereocenters. The van der Waals surface area contributed by atoms with Gasteiger partial charge in [-0.2, -0.15) is 13.2 Å². The Bertz CT molecular complexity index is 1370. The van der Waals surface area contributed by atoms with Gasteiger partial charge < -0.3 is 5.32 Å². The van der Waals surface area contributed by atoms with Crippen LogP contribution in [-0.2, 0) is 18.5 Å². The minimum atomic E-state index is -4.37. The molecule has 1 N–H and O–H groups in total. The fraction of sp³-hybridized carbons (Fsp3) is 0.192. The van der Waals surface area contributed by atoms with Crippen molar-refractivity contribution < 1.29 is 18.0 Å². The zero-order chi connectivity index (χ0) is 25.9. The van der Waals surface area contributed by atoms with E-state index in [-0.39, 0.29) is 12.5 Å². The standard InChI is InChI=1S/C26H22BrF3N4OS/c1-16-3-6-19(13-17(16)2)24(35)31-14-23-32-33-25(34(23)22-11-9-21(27)10-12-22)36-15-18-4-7-20(8-5-18)26(28,29)30/h3-13H,14-15H2,1-2H3,(H,31,35). The van der Waals surface area contributed by atoms with E-state index >= 15 is 0 Å². The van der Waals surface area contributed by atoms with E-state index < -0.39 is 11.7 Å². The van der Waals surface area contributed by atoms with Crippen molar-refractivity contribution in [3.8, 4) is 5.69 Å².